The molecule has 0 saturated carbocycles. The summed E-state index contributed by atoms with van der Waals surface area (Å²) in [4.78, 5) is 12.9. The number of rotatable bonds is 5. The highest BCUT2D eigenvalue weighted by molar-refractivity contribution is 5.94. The SMILES string of the molecule is COc1ccc(CNC(=O)c2ccc3c(c2)[C@@]2(C)CCN[C@H](C3)[C@@H]2C)c(OC)c1. The summed E-state index contributed by atoms with van der Waals surface area (Å²) in [6.07, 6.45) is 2.14. The lowest BCUT2D eigenvalue weighted by Crippen LogP contribution is -2.56. The Morgan fingerprint density at radius 3 is 2.79 bits per heavy atom. The third-order valence-corrected chi connectivity index (χ3v) is 7.02. The van der Waals surface area contributed by atoms with Crippen LogP contribution in [0.2, 0.25) is 0 Å². The standard InChI is InChI=1S/C24H30N2O3/c1-15-21-12-16-5-6-17(11-20(16)24(15,2)9-10-25-21)23(27)26-14-18-7-8-19(28-3)13-22(18)29-4/h5-8,11,13,15,21,25H,9-10,12,14H2,1-4H3,(H,26,27)/t15-,21+,24-/m0/s1. The Bertz CT molecular complexity index is 926. The van der Waals surface area contributed by atoms with Crippen molar-refractivity contribution in [2.75, 3.05) is 20.8 Å². The second kappa shape index (κ2) is 7.71. The first-order valence-corrected chi connectivity index (χ1v) is 10.3. The van der Waals surface area contributed by atoms with E-state index in [9.17, 15) is 4.79 Å². The Morgan fingerprint density at radius 1 is 1.21 bits per heavy atom. The molecule has 0 unspecified atom stereocenters. The van der Waals surface area contributed by atoms with Gasteiger partial charge in [0.05, 0.1) is 14.2 Å². The first-order chi connectivity index (χ1) is 14.0. The average Bonchev–Trinajstić information content (AvgIpc) is 2.74. The van der Waals surface area contributed by atoms with Crippen LogP contribution in [0.5, 0.6) is 11.5 Å². The van der Waals surface area contributed by atoms with E-state index in [0.29, 0.717) is 24.3 Å². The summed E-state index contributed by atoms with van der Waals surface area (Å²) in [6, 6.07) is 12.4. The van der Waals surface area contributed by atoms with Crippen molar-refractivity contribution in [3.8, 4) is 11.5 Å². The molecule has 5 heteroatoms. The van der Waals surface area contributed by atoms with Crippen molar-refractivity contribution in [1.82, 2.24) is 10.6 Å². The van der Waals surface area contributed by atoms with Crippen LogP contribution in [0.4, 0.5) is 0 Å². The van der Waals surface area contributed by atoms with Gasteiger partial charge >= 0.3 is 0 Å². The lowest BCUT2D eigenvalue weighted by Gasteiger charge is -2.50. The number of ether oxygens (including phenoxy) is 2. The van der Waals surface area contributed by atoms with E-state index < -0.39 is 0 Å². The van der Waals surface area contributed by atoms with Crippen LogP contribution in [0, 0.1) is 5.92 Å². The van der Waals surface area contributed by atoms with Gasteiger partial charge in [0, 0.05) is 29.8 Å². The second-order valence-corrected chi connectivity index (χ2v) is 8.45. The molecule has 1 fully saturated rings. The van der Waals surface area contributed by atoms with Gasteiger partial charge in [-0.1, -0.05) is 19.9 Å². The minimum atomic E-state index is -0.0574. The smallest absolute Gasteiger partial charge is 0.251 e. The molecule has 3 atom stereocenters. The van der Waals surface area contributed by atoms with E-state index in [1.807, 2.05) is 24.3 Å². The molecule has 2 aromatic carbocycles. The van der Waals surface area contributed by atoms with Gasteiger partial charge in [0.1, 0.15) is 11.5 Å². The Balaban J connectivity index is 1.54. The predicted molar refractivity (Wildman–Crippen MR) is 114 cm³/mol. The van der Waals surface area contributed by atoms with E-state index in [2.05, 4.69) is 36.6 Å². The summed E-state index contributed by atoms with van der Waals surface area (Å²) in [5.41, 5.74) is 4.48. The number of benzene rings is 2. The van der Waals surface area contributed by atoms with Gasteiger partial charge in [0.15, 0.2) is 0 Å². The maximum atomic E-state index is 12.9. The number of carbonyl (C=O) groups is 1. The van der Waals surface area contributed by atoms with E-state index in [4.69, 9.17) is 9.47 Å². The van der Waals surface area contributed by atoms with Crippen LogP contribution in [0.25, 0.3) is 0 Å². The van der Waals surface area contributed by atoms with E-state index in [0.717, 1.165) is 36.3 Å². The fraction of sp³-hybridized carbons (Fsp3) is 0.458. The molecule has 2 bridgehead atoms. The lowest BCUT2D eigenvalue weighted by atomic mass is 9.59. The monoisotopic (exact) mass is 394 g/mol. The minimum Gasteiger partial charge on any atom is -0.497 e. The first-order valence-electron chi connectivity index (χ1n) is 10.3. The number of carbonyl (C=O) groups excluding carboxylic acids is 1. The molecular formula is C24H30N2O3. The number of hydrogen-bond acceptors (Lipinski definition) is 4. The predicted octanol–water partition coefficient (Wildman–Crippen LogP) is 3.45. The molecule has 1 saturated heterocycles. The number of amides is 1. The Morgan fingerprint density at radius 2 is 2.03 bits per heavy atom. The summed E-state index contributed by atoms with van der Waals surface area (Å²) >= 11 is 0. The van der Waals surface area contributed by atoms with Crippen molar-refractivity contribution in [3.05, 3.63) is 58.7 Å². The lowest BCUT2D eigenvalue weighted by molar-refractivity contribution is 0.0950. The van der Waals surface area contributed by atoms with Gasteiger partial charge in [0.25, 0.3) is 5.91 Å². The number of methoxy groups -OCH3 is 2. The van der Waals surface area contributed by atoms with Crippen molar-refractivity contribution < 1.29 is 14.3 Å². The van der Waals surface area contributed by atoms with Gasteiger partial charge in [-0.25, -0.2) is 0 Å². The molecule has 0 radical (unpaired) electrons. The summed E-state index contributed by atoms with van der Waals surface area (Å²) in [6.45, 7) is 6.14. The van der Waals surface area contributed by atoms with Crippen LogP contribution >= 0.6 is 0 Å². The van der Waals surface area contributed by atoms with E-state index in [1.54, 1.807) is 14.2 Å². The molecule has 0 aromatic heterocycles. The zero-order valence-electron chi connectivity index (χ0n) is 17.7. The molecule has 1 aliphatic heterocycles. The van der Waals surface area contributed by atoms with E-state index >= 15 is 0 Å². The van der Waals surface area contributed by atoms with Crippen LogP contribution < -0.4 is 20.1 Å². The average molecular weight is 395 g/mol. The minimum absolute atomic E-state index is 0.0574. The highest BCUT2D eigenvalue weighted by Crippen LogP contribution is 2.46. The molecule has 29 heavy (non-hydrogen) atoms. The zero-order chi connectivity index (χ0) is 20.6. The molecule has 1 aliphatic carbocycles. The second-order valence-electron chi connectivity index (χ2n) is 8.45. The number of hydrogen-bond donors (Lipinski definition) is 2. The molecule has 154 valence electrons. The Labute approximate surface area is 172 Å². The van der Waals surface area contributed by atoms with Crippen molar-refractivity contribution in [2.45, 2.75) is 44.7 Å². The maximum absolute atomic E-state index is 12.9. The summed E-state index contributed by atoms with van der Waals surface area (Å²) in [7, 11) is 3.25. The van der Waals surface area contributed by atoms with Crippen LogP contribution in [0.1, 0.15) is 47.3 Å². The summed E-state index contributed by atoms with van der Waals surface area (Å²) in [5, 5.41) is 6.70. The highest BCUT2D eigenvalue weighted by atomic mass is 16.5. The summed E-state index contributed by atoms with van der Waals surface area (Å²) in [5.74, 6) is 1.94. The van der Waals surface area contributed by atoms with Gasteiger partial charge in [-0.2, -0.15) is 0 Å². The Kier molecular flexibility index (Phi) is 5.26. The fourth-order valence-electron chi connectivity index (χ4n) is 4.93. The van der Waals surface area contributed by atoms with Gasteiger partial charge in [-0.15, -0.1) is 0 Å². The van der Waals surface area contributed by atoms with Crippen molar-refractivity contribution in [2.24, 2.45) is 5.92 Å². The topological polar surface area (TPSA) is 59.6 Å². The van der Waals surface area contributed by atoms with Crippen molar-refractivity contribution >= 4 is 5.91 Å². The molecule has 5 nitrogen and oxygen atoms in total. The molecule has 0 spiro atoms. The molecule has 4 rings (SSSR count). The van der Waals surface area contributed by atoms with E-state index in [-0.39, 0.29) is 11.3 Å². The highest BCUT2D eigenvalue weighted by Gasteiger charge is 2.45. The molecule has 2 aliphatic rings. The normalized spacial score (nSPS) is 25.1. The fourth-order valence-corrected chi connectivity index (χ4v) is 4.93. The quantitative estimate of drug-likeness (QED) is 0.816. The number of piperidine rings is 1. The molecule has 1 heterocycles. The first kappa shape index (κ1) is 19.8. The molecule has 1 amide bonds. The molecule has 2 aromatic rings. The van der Waals surface area contributed by atoms with Crippen LogP contribution in [0.3, 0.4) is 0 Å². The third kappa shape index (κ3) is 3.48. The van der Waals surface area contributed by atoms with E-state index in [1.165, 1.54) is 11.1 Å². The van der Waals surface area contributed by atoms with Crippen molar-refractivity contribution in [1.29, 1.82) is 0 Å². The van der Waals surface area contributed by atoms with Gasteiger partial charge in [-0.3, -0.25) is 4.79 Å². The number of fused-ring (bicyclic) bond motifs is 4. The van der Waals surface area contributed by atoms with Gasteiger partial charge in [-0.05, 0) is 66.1 Å². The Hall–Kier alpha value is -2.53. The molecular weight excluding hydrogens is 364 g/mol. The van der Waals surface area contributed by atoms with Crippen molar-refractivity contribution in [3.63, 3.8) is 0 Å². The summed E-state index contributed by atoms with van der Waals surface area (Å²) < 4.78 is 10.7. The largest absolute Gasteiger partial charge is 0.497 e. The number of nitrogens with one attached hydrogen (secondary N) is 2. The van der Waals surface area contributed by atoms with Gasteiger partial charge < -0.3 is 20.1 Å². The maximum Gasteiger partial charge on any atom is 0.251 e. The van der Waals surface area contributed by atoms with Gasteiger partial charge in [0.2, 0.25) is 0 Å². The molecule has 2 N–H and O–H groups in total. The van der Waals surface area contributed by atoms with Crippen LogP contribution in [0.15, 0.2) is 36.4 Å². The van der Waals surface area contributed by atoms with Crippen LogP contribution in [-0.4, -0.2) is 32.7 Å². The zero-order valence-corrected chi connectivity index (χ0v) is 17.7. The third-order valence-electron chi connectivity index (χ3n) is 7.02. The van der Waals surface area contributed by atoms with Crippen LogP contribution in [-0.2, 0) is 18.4 Å².